The molecule has 1 heterocycles. The van der Waals surface area contributed by atoms with Crippen LogP contribution < -0.4 is 4.57 Å². The van der Waals surface area contributed by atoms with Gasteiger partial charge in [-0.05, 0) is 31.2 Å². The molecule has 0 fully saturated rings. The fourth-order valence-electron chi connectivity index (χ4n) is 6.10. The minimum atomic E-state index is 0.960. The van der Waals surface area contributed by atoms with E-state index < -0.39 is 0 Å². The van der Waals surface area contributed by atoms with Crippen molar-refractivity contribution in [2.75, 3.05) is 0 Å². The van der Waals surface area contributed by atoms with Crippen molar-refractivity contribution in [3.8, 4) is 0 Å². The number of hydrogen-bond acceptors (Lipinski definition) is 0. The molecule has 1 unspecified atom stereocenters. The van der Waals surface area contributed by atoms with E-state index in [1.165, 1.54) is 185 Å². The summed E-state index contributed by atoms with van der Waals surface area (Å²) in [5, 5.41) is 0. The summed E-state index contributed by atoms with van der Waals surface area (Å²) in [6, 6.07) is 4.61. The van der Waals surface area contributed by atoms with Crippen molar-refractivity contribution in [3.63, 3.8) is 0 Å². The molecule has 0 aliphatic rings. The SMILES string of the molecule is CCCCCCCCCCCCCCC(CCCCCCC)CCC[n+]1cccc(CCCCCCC)c1. The molecule has 1 rings (SSSR count). The van der Waals surface area contributed by atoms with Crippen molar-refractivity contribution < 1.29 is 4.57 Å². The maximum atomic E-state index is 2.48. The molecule has 1 aromatic rings. The number of aromatic nitrogens is 1. The first-order valence-corrected chi connectivity index (χ1v) is 17.8. The van der Waals surface area contributed by atoms with Gasteiger partial charge in [-0.25, -0.2) is 4.57 Å². The van der Waals surface area contributed by atoms with Gasteiger partial charge in [0.2, 0.25) is 0 Å². The minimum absolute atomic E-state index is 0.960. The Morgan fingerprint density at radius 1 is 0.500 bits per heavy atom. The first-order chi connectivity index (χ1) is 18.8. The predicted octanol–water partition coefficient (Wildman–Crippen LogP) is 12.3. The van der Waals surface area contributed by atoms with Gasteiger partial charge < -0.3 is 0 Å². The van der Waals surface area contributed by atoms with Crippen LogP contribution in [0, 0.1) is 5.92 Å². The zero-order valence-corrected chi connectivity index (χ0v) is 26.6. The minimum Gasteiger partial charge on any atom is -0.205 e. The highest BCUT2D eigenvalue weighted by Crippen LogP contribution is 2.23. The van der Waals surface area contributed by atoms with Crippen LogP contribution in [0.1, 0.15) is 193 Å². The molecule has 1 nitrogen and oxygen atoms in total. The second-order valence-corrected chi connectivity index (χ2v) is 12.5. The van der Waals surface area contributed by atoms with Gasteiger partial charge >= 0.3 is 0 Å². The molecule has 1 heteroatoms. The Morgan fingerprint density at radius 3 is 1.42 bits per heavy atom. The highest BCUT2D eigenvalue weighted by Gasteiger charge is 2.11. The molecule has 1 atom stereocenters. The number of nitrogens with zero attached hydrogens (tertiary/aromatic N) is 1. The zero-order chi connectivity index (χ0) is 27.4. The quantitative estimate of drug-likeness (QED) is 0.0719. The smallest absolute Gasteiger partial charge is 0.171 e. The number of hydrogen-bond donors (Lipinski definition) is 0. The van der Waals surface area contributed by atoms with Crippen molar-refractivity contribution >= 4 is 0 Å². The number of rotatable bonds is 29. The molecule has 1 aromatic heterocycles. The Kier molecular flexibility index (Phi) is 25.6. The molecular weight excluding hydrogens is 458 g/mol. The molecule has 0 amide bonds. The summed E-state index contributed by atoms with van der Waals surface area (Å²) in [6.45, 7) is 8.14. The Morgan fingerprint density at radius 2 is 0.921 bits per heavy atom. The molecule has 0 aliphatic carbocycles. The van der Waals surface area contributed by atoms with Crippen molar-refractivity contribution in [3.05, 3.63) is 30.1 Å². The highest BCUT2D eigenvalue weighted by atomic mass is 14.9. The maximum absolute atomic E-state index is 2.48. The molecular formula is C37H70N+. The van der Waals surface area contributed by atoms with Crippen molar-refractivity contribution in [1.82, 2.24) is 0 Å². The summed E-state index contributed by atoms with van der Waals surface area (Å²) in [7, 11) is 0. The first kappa shape index (κ1) is 35.2. The van der Waals surface area contributed by atoms with E-state index in [0.29, 0.717) is 0 Å². The Bertz CT molecular complexity index is 594. The third-order valence-electron chi connectivity index (χ3n) is 8.70. The van der Waals surface area contributed by atoms with E-state index in [1.807, 2.05) is 0 Å². The number of aryl methyl sites for hydroxylation is 2. The number of unbranched alkanes of at least 4 members (excludes halogenated alkanes) is 19. The van der Waals surface area contributed by atoms with Crippen molar-refractivity contribution in [1.29, 1.82) is 0 Å². The molecule has 38 heavy (non-hydrogen) atoms. The molecule has 0 N–H and O–H groups in total. The van der Waals surface area contributed by atoms with Crippen LogP contribution >= 0.6 is 0 Å². The summed E-state index contributed by atoms with van der Waals surface area (Å²) in [5.41, 5.74) is 1.54. The van der Waals surface area contributed by atoms with Gasteiger partial charge in [-0.15, -0.1) is 0 Å². The lowest BCUT2D eigenvalue weighted by Gasteiger charge is -2.16. The topological polar surface area (TPSA) is 3.88 Å². The Hall–Kier alpha value is -0.850. The van der Waals surface area contributed by atoms with Crippen LogP contribution in [0.15, 0.2) is 24.5 Å². The lowest BCUT2D eigenvalue weighted by molar-refractivity contribution is -0.697. The maximum Gasteiger partial charge on any atom is 0.171 e. The largest absolute Gasteiger partial charge is 0.205 e. The molecule has 0 saturated carbocycles. The molecule has 0 aromatic carbocycles. The lowest BCUT2D eigenvalue weighted by Crippen LogP contribution is -2.33. The van der Waals surface area contributed by atoms with Gasteiger partial charge in [0, 0.05) is 18.1 Å². The molecule has 0 radical (unpaired) electrons. The summed E-state index contributed by atoms with van der Waals surface area (Å²) < 4.78 is 2.48. The third-order valence-corrected chi connectivity index (χ3v) is 8.70. The van der Waals surface area contributed by atoms with Gasteiger partial charge in [-0.3, -0.25) is 0 Å². The van der Waals surface area contributed by atoms with Crippen LogP contribution in [0.25, 0.3) is 0 Å². The fourth-order valence-corrected chi connectivity index (χ4v) is 6.10. The predicted molar refractivity (Wildman–Crippen MR) is 171 cm³/mol. The zero-order valence-electron chi connectivity index (χ0n) is 26.6. The third kappa shape index (κ3) is 22.0. The summed E-state index contributed by atoms with van der Waals surface area (Å²) >= 11 is 0. The summed E-state index contributed by atoms with van der Waals surface area (Å²) in [5.74, 6) is 0.960. The molecule has 0 saturated heterocycles. The highest BCUT2D eigenvalue weighted by molar-refractivity contribution is 5.05. The van der Waals surface area contributed by atoms with Crippen LogP contribution in [-0.2, 0) is 13.0 Å². The van der Waals surface area contributed by atoms with Crippen LogP contribution in [0.4, 0.5) is 0 Å². The fraction of sp³-hybridized carbons (Fsp3) is 0.865. The molecule has 0 bridgehead atoms. The van der Waals surface area contributed by atoms with E-state index in [2.05, 4.69) is 49.9 Å². The van der Waals surface area contributed by atoms with E-state index in [-0.39, 0.29) is 0 Å². The van der Waals surface area contributed by atoms with Gasteiger partial charge in [0.15, 0.2) is 12.4 Å². The molecule has 0 spiro atoms. The van der Waals surface area contributed by atoms with E-state index in [9.17, 15) is 0 Å². The Balaban J connectivity index is 2.24. The standard InChI is InChI=1S/C37H70N/c1-4-7-10-13-14-15-16-17-18-19-22-24-29-36(28-23-20-11-8-5-2)31-26-33-38-34-27-32-37(35-38)30-25-21-12-9-6-3/h27,32,34-36H,4-26,28-31,33H2,1-3H3/q+1. The first-order valence-electron chi connectivity index (χ1n) is 17.8. The Labute approximate surface area is 241 Å². The molecule has 0 aliphatic heterocycles. The normalized spacial score (nSPS) is 12.3. The average Bonchev–Trinajstić information content (AvgIpc) is 2.93. The second kappa shape index (κ2) is 27.7. The van der Waals surface area contributed by atoms with Crippen LogP contribution in [-0.4, -0.2) is 0 Å². The van der Waals surface area contributed by atoms with Crippen molar-refractivity contribution in [2.24, 2.45) is 5.92 Å². The van der Waals surface area contributed by atoms with Gasteiger partial charge in [-0.1, -0.05) is 168 Å². The van der Waals surface area contributed by atoms with Crippen LogP contribution in [0.3, 0.4) is 0 Å². The van der Waals surface area contributed by atoms with E-state index in [0.717, 1.165) is 5.92 Å². The van der Waals surface area contributed by atoms with Gasteiger partial charge in [0.25, 0.3) is 0 Å². The summed E-state index contributed by atoms with van der Waals surface area (Å²) in [4.78, 5) is 0. The van der Waals surface area contributed by atoms with Gasteiger partial charge in [-0.2, -0.15) is 0 Å². The van der Waals surface area contributed by atoms with Crippen molar-refractivity contribution in [2.45, 2.75) is 201 Å². The lowest BCUT2D eigenvalue weighted by atomic mass is 9.90. The average molecular weight is 529 g/mol. The van der Waals surface area contributed by atoms with Crippen LogP contribution in [0.5, 0.6) is 0 Å². The van der Waals surface area contributed by atoms with E-state index >= 15 is 0 Å². The van der Waals surface area contributed by atoms with Crippen LogP contribution in [0.2, 0.25) is 0 Å². The van der Waals surface area contributed by atoms with E-state index in [4.69, 9.17) is 0 Å². The monoisotopic (exact) mass is 529 g/mol. The summed E-state index contributed by atoms with van der Waals surface area (Å²) in [6.07, 6.45) is 43.3. The molecule has 222 valence electrons. The van der Waals surface area contributed by atoms with E-state index in [1.54, 1.807) is 0 Å². The second-order valence-electron chi connectivity index (χ2n) is 12.5. The number of pyridine rings is 1. The van der Waals surface area contributed by atoms with Gasteiger partial charge in [0.1, 0.15) is 6.54 Å². The van der Waals surface area contributed by atoms with Gasteiger partial charge in [0.05, 0.1) is 0 Å².